The van der Waals surface area contributed by atoms with Crippen molar-refractivity contribution in [1.82, 2.24) is 14.6 Å². The Kier molecular flexibility index (Phi) is 5.22. The third-order valence-corrected chi connectivity index (χ3v) is 6.47. The van der Waals surface area contributed by atoms with Gasteiger partial charge in [0, 0.05) is 37.4 Å². The Balaban J connectivity index is 1.63. The number of anilines is 1. The van der Waals surface area contributed by atoms with Crippen molar-refractivity contribution in [2.45, 2.75) is 24.3 Å². The largest absolute Gasteiger partial charge is 0.489 e. The van der Waals surface area contributed by atoms with Gasteiger partial charge in [-0.05, 0) is 43.7 Å². The van der Waals surface area contributed by atoms with Crippen LogP contribution in [0.25, 0.3) is 0 Å². The number of halogens is 1. The van der Waals surface area contributed by atoms with Gasteiger partial charge in [-0.1, -0.05) is 0 Å². The van der Waals surface area contributed by atoms with Crippen molar-refractivity contribution in [2.75, 3.05) is 25.0 Å². The third-order valence-electron chi connectivity index (χ3n) is 5.26. The van der Waals surface area contributed by atoms with E-state index in [1.54, 1.807) is 30.8 Å². The van der Waals surface area contributed by atoms with Gasteiger partial charge in [0.1, 0.15) is 21.7 Å². The molecule has 1 amide bonds. The second-order valence-electron chi connectivity index (χ2n) is 7.26. The van der Waals surface area contributed by atoms with Gasteiger partial charge in [0.05, 0.1) is 6.61 Å². The molecule has 150 valence electrons. The molecule has 2 aliphatic heterocycles. The highest BCUT2D eigenvalue weighted by atomic mass is 32.2. The van der Waals surface area contributed by atoms with Crippen molar-refractivity contribution in [1.29, 1.82) is 0 Å². The van der Waals surface area contributed by atoms with E-state index in [1.165, 1.54) is 12.1 Å². The number of ether oxygens (including phenoxy) is 1. The molecule has 0 bridgehead atoms. The van der Waals surface area contributed by atoms with Crippen molar-refractivity contribution in [3.8, 4) is 5.75 Å². The molecule has 2 aromatic rings. The molecule has 28 heavy (non-hydrogen) atoms. The zero-order valence-electron chi connectivity index (χ0n) is 15.8. The van der Waals surface area contributed by atoms with E-state index in [0.29, 0.717) is 34.2 Å². The smallest absolute Gasteiger partial charge is 0.276 e. The van der Waals surface area contributed by atoms with Gasteiger partial charge in [-0.15, -0.1) is 0 Å². The minimum Gasteiger partial charge on any atom is -0.489 e. The number of aromatic nitrogens is 1. The molecule has 0 aliphatic carbocycles. The van der Waals surface area contributed by atoms with Gasteiger partial charge in [-0.25, -0.2) is 13.3 Å². The summed E-state index contributed by atoms with van der Waals surface area (Å²) in [5, 5.41) is 6.07. The number of carbonyl (C=O) groups excluding carboxylic acids is 1. The molecule has 0 spiro atoms. The lowest BCUT2D eigenvalue weighted by Crippen LogP contribution is -2.52. The number of nitrogens with zero attached hydrogens (tertiary/aromatic N) is 1. The van der Waals surface area contributed by atoms with E-state index in [1.807, 2.05) is 0 Å². The second-order valence-corrected chi connectivity index (χ2v) is 8.47. The fourth-order valence-electron chi connectivity index (χ4n) is 3.67. The minimum atomic E-state index is -1.49. The van der Waals surface area contributed by atoms with Crippen LogP contribution in [0.5, 0.6) is 5.75 Å². The van der Waals surface area contributed by atoms with Crippen molar-refractivity contribution in [3.05, 3.63) is 41.5 Å². The lowest BCUT2D eigenvalue weighted by atomic mass is 9.94. The molecule has 9 heteroatoms. The average Bonchev–Trinajstić information content (AvgIpc) is 2.99. The quantitative estimate of drug-likeness (QED) is 0.709. The van der Waals surface area contributed by atoms with Gasteiger partial charge in [-0.2, -0.15) is 0 Å². The van der Waals surface area contributed by atoms with Crippen LogP contribution in [-0.2, 0) is 18.0 Å². The van der Waals surface area contributed by atoms with Crippen molar-refractivity contribution in [2.24, 2.45) is 13.0 Å². The number of benzene rings is 1. The Morgan fingerprint density at radius 3 is 3.04 bits per heavy atom. The Morgan fingerprint density at radius 1 is 1.43 bits per heavy atom. The van der Waals surface area contributed by atoms with E-state index in [4.69, 9.17) is 4.74 Å². The number of nitrogens with one attached hydrogen (secondary N) is 3. The monoisotopic (exact) mass is 406 g/mol. The number of amides is 1. The number of hydrogen-bond donors (Lipinski definition) is 3. The van der Waals surface area contributed by atoms with Crippen LogP contribution in [0.2, 0.25) is 0 Å². The Hall–Kier alpha value is -2.23. The van der Waals surface area contributed by atoms with Gasteiger partial charge in [0.25, 0.3) is 5.91 Å². The maximum absolute atomic E-state index is 13.5. The summed E-state index contributed by atoms with van der Waals surface area (Å²) in [7, 11) is 0.227. The summed E-state index contributed by atoms with van der Waals surface area (Å²) >= 11 is 0. The first-order chi connectivity index (χ1) is 13.4. The number of fused-ring (bicyclic) bond motifs is 2. The summed E-state index contributed by atoms with van der Waals surface area (Å²) in [5.74, 6) is -0.173. The van der Waals surface area contributed by atoms with E-state index in [9.17, 15) is 13.4 Å². The van der Waals surface area contributed by atoms with E-state index in [0.717, 1.165) is 19.5 Å². The normalized spacial score (nSPS) is 24.3. The van der Waals surface area contributed by atoms with Crippen LogP contribution >= 0.6 is 0 Å². The molecular formula is C19H23FN4O3S. The lowest BCUT2D eigenvalue weighted by molar-refractivity contribution is 0.101. The predicted octanol–water partition coefficient (Wildman–Crippen LogP) is 1.71. The molecule has 0 saturated carbocycles. The standard InChI is InChI=1S/C19H23FN4O3S/c1-11-7-13(3-4-14(11)20)22-19(25)17-18-16(9-24(17)2)28(26)23-15-8-21-6-5-12(15)10-27-18/h3-4,7,9,12,15,21,23H,5-6,8,10H2,1-2H3,(H,22,25). The van der Waals surface area contributed by atoms with Crippen molar-refractivity contribution >= 4 is 22.6 Å². The Labute approximate surface area is 165 Å². The molecule has 1 fully saturated rings. The molecule has 0 radical (unpaired) electrons. The highest BCUT2D eigenvalue weighted by molar-refractivity contribution is 7.83. The van der Waals surface area contributed by atoms with Crippen LogP contribution in [0.4, 0.5) is 10.1 Å². The molecule has 4 rings (SSSR count). The molecule has 7 nitrogen and oxygen atoms in total. The fraction of sp³-hybridized carbons (Fsp3) is 0.421. The zero-order valence-corrected chi connectivity index (χ0v) is 16.6. The molecule has 3 atom stereocenters. The minimum absolute atomic E-state index is 0.0578. The van der Waals surface area contributed by atoms with Crippen LogP contribution in [-0.4, -0.2) is 40.4 Å². The molecule has 3 N–H and O–H groups in total. The lowest BCUT2D eigenvalue weighted by Gasteiger charge is -2.33. The van der Waals surface area contributed by atoms with Crippen molar-refractivity contribution in [3.63, 3.8) is 0 Å². The van der Waals surface area contributed by atoms with E-state index in [2.05, 4.69) is 15.4 Å². The first kappa shape index (κ1) is 19.1. The van der Waals surface area contributed by atoms with Gasteiger partial charge in [0.2, 0.25) is 0 Å². The van der Waals surface area contributed by atoms with E-state index >= 15 is 0 Å². The van der Waals surface area contributed by atoms with Crippen LogP contribution in [0, 0.1) is 18.7 Å². The Morgan fingerprint density at radius 2 is 2.25 bits per heavy atom. The maximum atomic E-state index is 13.5. The van der Waals surface area contributed by atoms with E-state index < -0.39 is 16.9 Å². The van der Waals surface area contributed by atoms with Gasteiger partial charge in [0.15, 0.2) is 11.4 Å². The van der Waals surface area contributed by atoms with Gasteiger partial charge >= 0.3 is 0 Å². The summed E-state index contributed by atoms with van der Waals surface area (Å²) in [5.41, 5.74) is 1.22. The molecule has 3 unspecified atom stereocenters. The predicted molar refractivity (Wildman–Crippen MR) is 104 cm³/mol. The van der Waals surface area contributed by atoms with Crippen molar-refractivity contribution < 1.29 is 18.1 Å². The molecule has 2 aliphatic rings. The summed E-state index contributed by atoms with van der Waals surface area (Å²) in [6, 6.07) is 4.45. The van der Waals surface area contributed by atoms with Crippen LogP contribution < -0.4 is 20.1 Å². The summed E-state index contributed by atoms with van der Waals surface area (Å²) in [6.07, 6.45) is 2.56. The third kappa shape index (κ3) is 3.57. The second kappa shape index (κ2) is 7.65. The summed E-state index contributed by atoms with van der Waals surface area (Å²) < 4.78 is 37.1. The highest BCUT2D eigenvalue weighted by Crippen LogP contribution is 2.32. The topological polar surface area (TPSA) is 84.4 Å². The molecular weight excluding hydrogens is 383 g/mol. The number of aryl methyl sites for hydroxylation is 2. The fourth-order valence-corrected chi connectivity index (χ4v) is 4.92. The first-order valence-corrected chi connectivity index (χ1v) is 10.4. The van der Waals surface area contributed by atoms with Gasteiger partial charge < -0.3 is 19.9 Å². The number of rotatable bonds is 2. The number of hydrogen-bond acceptors (Lipinski definition) is 4. The molecule has 3 heterocycles. The Bertz CT molecular complexity index is 946. The van der Waals surface area contributed by atoms with Crippen LogP contribution in [0.3, 0.4) is 0 Å². The SMILES string of the molecule is Cc1cc(NC(=O)c2c3c(cn2C)S(=O)NC2CNCCC2CO3)ccc1F. The van der Waals surface area contributed by atoms with Crippen LogP contribution in [0.1, 0.15) is 22.5 Å². The molecule has 1 saturated heterocycles. The van der Waals surface area contributed by atoms with Gasteiger partial charge in [-0.3, -0.25) is 4.79 Å². The van der Waals surface area contributed by atoms with Crippen LogP contribution in [0.15, 0.2) is 29.3 Å². The average molecular weight is 406 g/mol. The number of carbonyl (C=O) groups is 1. The van der Waals surface area contributed by atoms with E-state index in [-0.39, 0.29) is 17.8 Å². The molecule has 1 aromatic heterocycles. The summed E-state index contributed by atoms with van der Waals surface area (Å²) in [4.78, 5) is 13.4. The molecule has 1 aromatic carbocycles. The zero-order chi connectivity index (χ0) is 19.8. The number of piperidine rings is 1. The first-order valence-electron chi connectivity index (χ1n) is 9.22. The maximum Gasteiger partial charge on any atom is 0.276 e. The highest BCUT2D eigenvalue weighted by Gasteiger charge is 2.34. The summed E-state index contributed by atoms with van der Waals surface area (Å²) in [6.45, 7) is 3.71.